The fourth-order valence-electron chi connectivity index (χ4n) is 3.69. The van der Waals surface area contributed by atoms with Crippen LogP contribution in [-0.2, 0) is 19.6 Å². The molecule has 0 aromatic heterocycles. The lowest BCUT2D eigenvalue weighted by atomic mass is 9.95. The third-order valence-corrected chi connectivity index (χ3v) is 6.71. The van der Waals surface area contributed by atoms with Gasteiger partial charge in [0.15, 0.2) is 0 Å². The van der Waals surface area contributed by atoms with Crippen LogP contribution in [0.1, 0.15) is 38.5 Å². The lowest BCUT2D eigenvalue weighted by molar-refractivity contribution is -0.126. The lowest BCUT2D eigenvalue weighted by Crippen LogP contribution is -2.49. The van der Waals surface area contributed by atoms with Gasteiger partial charge in [0, 0.05) is 6.04 Å². The smallest absolute Gasteiger partial charge is 0.241 e. The van der Waals surface area contributed by atoms with Gasteiger partial charge in [-0.15, -0.1) is 0 Å². The summed E-state index contributed by atoms with van der Waals surface area (Å²) >= 11 is 0. The monoisotopic (exact) mass is 426 g/mol. The summed E-state index contributed by atoms with van der Waals surface area (Å²) in [6.45, 7) is -0.415. The first kappa shape index (κ1) is 21.9. The Balaban J connectivity index is 1.59. The van der Waals surface area contributed by atoms with E-state index in [4.69, 9.17) is 4.74 Å². The number of carbonyl (C=O) groups is 1. The number of aliphatic hydroxyl groups is 1. The van der Waals surface area contributed by atoms with Crippen LogP contribution in [0.5, 0.6) is 0 Å². The molecule has 9 heteroatoms. The van der Waals surface area contributed by atoms with Crippen LogP contribution < -0.4 is 10.0 Å². The Morgan fingerprint density at radius 1 is 1.14 bits per heavy atom. The van der Waals surface area contributed by atoms with Crippen LogP contribution in [0.3, 0.4) is 0 Å². The zero-order valence-corrected chi connectivity index (χ0v) is 16.9. The van der Waals surface area contributed by atoms with E-state index in [0.717, 1.165) is 49.9 Å². The maximum atomic E-state index is 13.0. The maximum Gasteiger partial charge on any atom is 0.241 e. The molecule has 3 rings (SSSR count). The van der Waals surface area contributed by atoms with Crippen molar-refractivity contribution in [2.24, 2.45) is 0 Å². The zero-order valence-electron chi connectivity index (χ0n) is 16.1. The molecule has 1 heterocycles. The van der Waals surface area contributed by atoms with Gasteiger partial charge in [0.2, 0.25) is 15.9 Å². The van der Waals surface area contributed by atoms with Crippen molar-refractivity contribution < 1.29 is 27.4 Å². The molecule has 1 aliphatic heterocycles. The van der Waals surface area contributed by atoms with E-state index in [0.29, 0.717) is 0 Å². The average Bonchev–Trinajstić information content (AvgIpc) is 2.70. The van der Waals surface area contributed by atoms with E-state index in [1.54, 1.807) is 12.2 Å². The van der Waals surface area contributed by atoms with Gasteiger partial charge >= 0.3 is 0 Å². The van der Waals surface area contributed by atoms with Gasteiger partial charge in [-0.1, -0.05) is 31.4 Å². The minimum atomic E-state index is -3.92. The van der Waals surface area contributed by atoms with Gasteiger partial charge in [0.05, 0.1) is 30.1 Å². The molecule has 29 heavy (non-hydrogen) atoms. The molecule has 1 saturated carbocycles. The number of amides is 1. The number of sulfonamides is 1. The topological polar surface area (TPSA) is 105 Å². The Morgan fingerprint density at radius 3 is 2.48 bits per heavy atom. The fourth-order valence-corrected chi connectivity index (χ4v) is 4.91. The van der Waals surface area contributed by atoms with E-state index in [1.165, 1.54) is 6.42 Å². The summed E-state index contributed by atoms with van der Waals surface area (Å²) < 4.78 is 46.2. The number of ether oxygens (including phenoxy) is 1. The number of halogens is 1. The standard InChI is InChI=1S/C20H27FN2O5S/c21-14-6-9-17(10-7-14)29(26,27)23-18-11-8-16(28-19(18)13-24)12-20(25)22-15-4-2-1-3-5-15/h6-11,15-16,18-19,23-24H,1-5,12-13H2,(H,22,25)/t16-,18+,19-/m0/s1. The summed E-state index contributed by atoms with van der Waals surface area (Å²) in [6, 6.07) is 3.85. The Hall–Kier alpha value is -1.81. The Kier molecular flexibility index (Phi) is 7.39. The van der Waals surface area contributed by atoms with E-state index in [2.05, 4.69) is 10.0 Å². The van der Waals surface area contributed by atoms with Crippen LogP contribution in [-0.4, -0.2) is 50.3 Å². The van der Waals surface area contributed by atoms with Gasteiger partial charge in [-0.05, 0) is 37.1 Å². The fraction of sp³-hybridized carbons (Fsp3) is 0.550. The van der Waals surface area contributed by atoms with Crippen LogP contribution in [0.4, 0.5) is 4.39 Å². The third-order valence-electron chi connectivity index (χ3n) is 5.24. The predicted molar refractivity (Wildman–Crippen MR) is 105 cm³/mol. The molecule has 1 amide bonds. The minimum absolute atomic E-state index is 0.0852. The number of hydrogen-bond donors (Lipinski definition) is 3. The van der Waals surface area contributed by atoms with Crippen LogP contribution in [0.2, 0.25) is 0 Å². The van der Waals surface area contributed by atoms with Gasteiger partial charge in [0.25, 0.3) is 0 Å². The van der Waals surface area contributed by atoms with Gasteiger partial charge in [0.1, 0.15) is 11.9 Å². The SMILES string of the molecule is O=C(C[C@@H]1C=C[C@@H](NS(=O)(=O)c2ccc(F)cc2)[C@H](CO)O1)NC1CCCCC1. The summed E-state index contributed by atoms with van der Waals surface area (Å²) in [6.07, 6.45) is 7.37. The summed E-state index contributed by atoms with van der Waals surface area (Å²) in [5, 5.41) is 12.7. The number of carbonyl (C=O) groups excluding carboxylic acids is 1. The van der Waals surface area contributed by atoms with E-state index in [-0.39, 0.29) is 23.3 Å². The molecule has 160 valence electrons. The molecule has 0 saturated heterocycles. The van der Waals surface area contributed by atoms with Gasteiger partial charge in [-0.2, -0.15) is 0 Å². The van der Waals surface area contributed by atoms with Crippen molar-refractivity contribution in [1.29, 1.82) is 0 Å². The Bertz CT molecular complexity index is 822. The van der Waals surface area contributed by atoms with Crippen molar-refractivity contribution in [1.82, 2.24) is 10.0 Å². The van der Waals surface area contributed by atoms with Crippen LogP contribution in [0.25, 0.3) is 0 Å². The number of nitrogens with one attached hydrogen (secondary N) is 2. The molecule has 1 aromatic carbocycles. The third kappa shape index (κ3) is 6.08. The van der Waals surface area contributed by atoms with Crippen molar-refractivity contribution in [2.45, 2.75) is 67.7 Å². The quantitative estimate of drug-likeness (QED) is 0.575. The Morgan fingerprint density at radius 2 is 1.83 bits per heavy atom. The van der Waals surface area contributed by atoms with Gasteiger partial charge in [-0.25, -0.2) is 17.5 Å². The molecule has 0 bridgehead atoms. The molecule has 0 unspecified atom stereocenters. The highest BCUT2D eigenvalue weighted by Gasteiger charge is 2.31. The second-order valence-electron chi connectivity index (χ2n) is 7.49. The molecule has 0 spiro atoms. The van der Waals surface area contributed by atoms with Crippen molar-refractivity contribution in [3.8, 4) is 0 Å². The largest absolute Gasteiger partial charge is 0.394 e. The van der Waals surface area contributed by atoms with Crippen LogP contribution in [0, 0.1) is 5.82 Å². The molecule has 3 atom stereocenters. The summed E-state index contributed by atoms with van der Waals surface area (Å²) in [5.74, 6) is -0.652. The predicted octanol–water partition coefficient (Wildman–Crippen LogP) is 1.63. The normalized spacial score (nSPS) is 25.7. The number of benzene rings is 1. The molecular weight excluding hydrogens is 399 g/mol. The van der Waals surface area contributed by atoms with Crippen LogP contribution in [0.15, 0.2) is 41.3 Å². The first-order valence-corrected chi connectivity index (χ1v) is 11.4. The van der Waals surface area contributed by atoms with E-state index in [1.807, 2.05) is 0 Å². The molecule has 7 nitrogen and oxygen atoms in total. The maximum absolute atomic E-state index is 13.0. The van der Waals surface area contributed by atoms with Gasteiger partial charge in [-0.3, -0.25) is 4.79 Å². The first-order chi connectivity index (χ1) is 13.9. The summed E-state index contributed by atoms with van der Waals surface area (Å²) in [4.78, 5) is 12.2. The average molecular weight is 427 g/mol. The minimum Gasteiger partial charge on any atom is -0.394 e. The summed E-state index contributed by atoms with van der Waals surface area (Å²) in [5.41, 5.74) is 0. The molecule has 1 aliphatic carbocycles. The number of aliphatic hydroxyl groups excluding tert-OH is 1. The highest BCUT2D eigenvalue weighted by atomic mass is 32.2. The molecule has 3 N–H and O–H groups in total. The van der Waals surface area contributed by atoms with Crippen LogP contribution >= 0.6 is 0 Å². The zero-order chi connectivity index (χ0) is 20.9. The molecule has 1 aromatic rings. The highest BCUT2D eigenvalue weighted by molar-refractivity contribution is 7.89. The summed E-state index contributed by atoms with van der Waals surface area (Å²) in [7, 11) is -3.92. The lowest BCUT2D eigenvalue weighted by Gasteiger charge is -2.32. The van der Waals surface area contributed by atoms with Gasteiger partial charge < -0.3 is 15.2 Å². The molecule has 0 radical (unpaired) electrons. The molecular formula is C20H27FN2O5S. The van der Waals surface area contributed by atoms with E-state index >= 15 is 0 Å². The number of hydrogen-bond acceptors (Lipinski definition) is 5. The van der Waals surface area contributed by atoms with Crippen molar-refractivity contribution in [2.75, 3.05) is 6.61 Å². The van der Waals surface area contributed by atoms with Crippen molar-refractivity contribution in [3.63, 3.8) is 0 Å². The molecule has 1 fully saturated rings. The van der Waals surface area contributed by atoms with Crippen molar-refractivity contribution in [3.05, 3.63) is 42.2 Å². The number of rotatable bonds is 7. The first-order valence-electron chi connectivity index (χ1n) is 9.89. The second-order valence-corrected chi connectivity index (χ2v) is 9.20. The van der Waals surface area contributed by atoms with E-state index in [9.17, 15) is 22.7 Å². The van der Waals surface area contributed by atoms with Crippen molar-refractivity contribution >= 4 is 15.9 Å². The van der Waals surface area contributed by atoms with E-state index < -0.39 is 40.7 Å². The Labute approximate surface area is 170 Å². The molecule has 2 aliphatic rings. The second kappa shape index (κ2) is 9.80. The highest BCUT2D eigenvalue weighted by Crippen LogP contribution is 2.20.